The molecular weight excluding hydrogens is 367 g/mol. The first-order valence-corrected chi connectivity index (χ1v) is 8.92. The van der Waals surface area contributed by atoms with Gasteiger partial charge in [-0.15, -0.1) is 0 Å². The third-order valence-electron chi connectivity index (χ3n) is 4.98. The van der Waals surface area contributed by atoms with E-state index >= 15 is 0 Å². The molecule has 0 aliphatic carbocycles. The first kappa shape index (κ1) is 19.8. The molecule has 2 heterocycles. The third kappa shape index (κ3) is 4.00. The van der Waals surface area contributed by atoms with Gasteiger partial charge in [0, 0.05) is 12.6 Å². The van der Waals surface area contributed by atoms with E-state index in [9.17, 15) is 24.2 Å². The van der Waals surface area contributed by atoms with Crippen LogP contribution in [-0.2, 0) is 9.59 Å². The van der Waals surface area contributed by atoms with Crippen LogP contribution in [0.25, 0.3) is 0 Å². The largest absolute Gasteiger partial charge is 0.480 e. The first-order valence-electron chi connectivity index (χ1n) is 8.92. The molecule has 2 aliphatic rings. The van der Waals surface area contributed by atoms with E-state index in [1.54, 1.807) is 19.1 Å². The number of β-lactam (4-membered cyclic amide) rings is 1. The summed E-state index contributed by atoms with van der Waals surface area (Å²) in [7, 11) is 0. The summed E-state index contributed by atoms with van der Waals surface area (Å²) in [4.78, 5) is 25.2. The van der Waals surface area contributed by atoms with E-state index in [0.29, 0.717) is 17.9 Å². The summed E-state index contributed by atoms with van der Waals surface area (Å²) in [5.41, 5.74) is 7.05. The minimum atomic E-state index is -1.51. The Morgan fingerprint density at radius 1 is 1.50 bits per heavy atom. The Bertz CT molecular complexity index is 841. The number of likely N-dealkylation sites (tertiary alicyclic amines) is 1. The van der Waals surface area contributed by atoms with Crippen LogP contribution < -0.4 is 16.4 Å². The molecule has 3 rings (SSSR count). The van der Waals surface area contributed by atoms with Gasteiger partial charge >= 0.3 is 5.97 Å². The normalized spacial score (nSPS) is 23.8. The molecule has 0 radical (unpaired) electrons. The van der Waals surface area contributed by atoms with Crippen molar-refractivity contribution >= 4 is 11.9 Å². The highest BCUT2D eigenvalue weighted by molar-refractivity contribution is 5.97. The summed E-state index contributed by atoms with van der Waals surface area (Å²) in [5, 5.41) is 25.6. The second-order valence-electron chi connectivity index (χ2n) is 6.92. The lowest BCUT2D eigenvalue weighted by Gasteiger charge is -2.47. The lowest BCUT2D eigenvalue weighted by molar-refractivity contribution is -0.190. The van der Waals surface area contributed by atoms with E-state index in [2.05, 4.69) is 10.6 Å². The molecule has 1 amide bonds. The minimum Gasteiger partial charge on any atom is -0.480 e. The molecule has 1 fully saturated rings. The number of aliphatic carboxylic acids is 1. The number of benzene rings is 1. The number of nitrogens with two attached hydrogens (primary N) is 1. The Morgan fingerprint density at radius 3 is 2.89 bits per heavy atom. The second-order valence-corrected chi connectivity index (χ2v) is 6.92. The fourth-order valence-corrected chi connectivity index (χ4v) is 3.52. The van der Waals surface area contributed by atoms with Crippen molar-refractivity contribution in [1.29, 1.82) is 0 Å². The molecule has 9 heteroatoms. The van der Waals surface area contributed by atoms with Crippen molar-refractivity contribution < 1.29 is 24.2 Å². The number of rotatable bonds is 7. The molecule has 150 valence electrons. The van der Waals surface area contributed by atoms with Gasteiger partial charge in [-0.25, -0.2) is 9.18 Å². The van der Waals surface area contributed by atoms with Crippen LogP contribution >= 0.6 is 0 Å². The molecule has 1 aromatic rings. The monoisotopic (exact) mass is 390 g/mol. The highest BCUT2D eigenvalue weighted by Crippen LogP contribution is 2.34. The van der Waals surface area contributed by atoms with Gasteiger partial charge in [0.25, 0.3) is 0 Å². The van der Waals surface area contributed by atoms with Gasteiger partial charge in [0.1, 0.15) is 11.9 Å². The number of aliphatic hydroxyl groups is 1. The number of carboxylic acid groups (broad SMARTS) is 1. The summed E-state index contributed by atoms with van der Waals surface area (Å²) in [6, 6.07) is 4.14. The number of carbonyl (C=O) groups is 2. The second kappa shape index (κ2) is 7.99. The van der Waals surface area contributed by atoms with Crippen LogP contribution in [0.3, 0.4) is 0 Å². The maximum Gasteiger partial charge on any atom is 0.327 e. The summed E-state index contributed by atoms with van der Waals surface area (Å²) >= 11 is 0. The Hall–Kier alpha value is -2.91. The molecule has 3 unspecified atom stereocenters. The van der Waals surface area contributed by atoms with Gasteiger partial charge in [-0.2, -0.15) is 0 Å². The molecule has 4 atom stereocenters. The highest BCUT2D eigenvalue weighted by Gasteiger charge is 2.54. The van der Waals surface area contributed by atoms with Gasteiger partial charge < -0.3 is 21.3 Å². The fourth-order valence-electron chi connectivity index (χ4n) is 3.52. The highest BCUT2D eigenvalue weighted by atomic mass is 19.1. The van der Waals surface area contributed by atoms with Gasteiger partial charge in [0.2, 0.25) is 5.91 Å². The molecule has 6 N–H and O–H groups in total. The van der Waals surface area contributed by atoms with Crippen molar-refractivity contribution in [2.75, 3.05) is 6.54 Å². The maximum absolute atomic E-state index is 13.4. The summed E-state index contributed by atoms with van der Waals surface area (Å²) in [6.45, 7) is 2.19. The quantitative estimate of drug-likeness (QED) is 0.336. The van der Waals surface area contributed by atoms with Crippen molar-refractivity contribution in [2.24, 2.45) is 11.7 Å². The number of carbonyl (C=O) groups excluding carboxylic acids is 1. The number of dihydropyridines is 1. The lowest BCUT2D eigenvalue weighted by atomic mass is 9.81. The number of aliphatic hydroxyl groups excluding tert-OH is 1. The molecule has 0 saturated carbocycles. The molecule has 0 aromatic heterocycles. The predicted molar refractivity (Wildman–Crippen MR) is 98.7 cm³/mol. The number of amides is 1. The van der Waals surface area contributed by atoms with Crippen molar-refractivity contribution in [2.45, 2.75) is 31.8 Å². The number of allylic oxidation sites excluding steroid dienone is 2. The summed E-state index contributed by atoms with van der Waals surface area (Å²) < 4.78 is 13.4. The van der Waals surface area contributed by atoms with Crippen molar-refractivity contribution in [3.05, 3.63) is 59.2 Å². The predicted octanol–water partition coefficient (Wildman–Crippen LogP) is 0.384. The SMILES string of the molecule is CC(NC(O)N1C(=O)[C@H](CC2=CCNC(N)=C2)C1C(=O)O)c1cccc(F)c1. The number of nitrogens with one attached hydrogen (secondary N) is 2. The molecule has 1 aromatic carbocycles. The van der Waals surface area contributed by atoms with Crippen LogP contribution in [-0.4, -0.2) is 45.9 Å². The third-order valence-corrected chi connectivity index (χ3v) is 4.98. The van der Waals surface area contributed by atoms with E-state index in [1.807, 2.05) is 6.08 Å². The number of carboxylic acids is 1. The van der Waals surface area contributed by atoms with Gasteiger partial charge in [0.15, 0.2) is 6.35 Å². The molecule has 2 aliphatic heterocycles. The molecule has 1 saturated heterocycles. The van der Waals surface area contributed by atoms with Crippen molar-refractivity contribution in [3.8, 4) is 0 Å². The fraction of sp³-hybridized carbons (Fsp3) is 0.368. The number of halogens is 1. The van der Waals surface area contributed by atoms with E-state index in [-0.39, 0.29) is 6.42 Å². The molecular formula is C19H23FN4O4. The van der Waals surface area contributed by atoms with E-state index in [4.69, 9.17) is 5.73 Å². The molecule has 0 bridgehead atoms. The zero-order valence-corrected chi connectivity index (χ0v) is 15.3. The van der Waals surface area contributed by atoms with E-state index < -0.39 is 42.0 Å². The first-order chi connectivity index (χ1) is 13.3. The average molecular weight is 390 g/mol. The lowest BCUT2D eigenvalue weighted by Crippen LogP contribution is -2.70. The minimum absolute atomic E-state index is 0.223. The Kier molecular flexibility index (Phi) is 5.66. The van der Waals surface area contributed by atoms with Crippen LogP contribution in [0.5, 0.6) is 0 Å². The van der Waals surface area contributed by atoms with Gasteiger partial charge in [-0.05, 0) is 42.7 Å². The number of hydrogen-bond acceptors (Lipinski definition) is 6. The Balaban J connectivity index is 1.68. The van der Waals surface area contributed by atoms with Gasteiger partial charge in [0.05, 0.1) is 11.7 Å². The van der Waals surface area contributed by atoms with Crippen LogP contribution in [0.2, 0.25) is 0 Å². The topological polar surface area (TPSA) is 128 Å². The van der Waals surface area contributed by atoms with Gasteiger partial charge in [-0.3, -0.25) is 15.0 Å². The maximum atomic E-state index is 13.4. The van der Waals surface area contributed by atoms with E-state index in [1.165, 1.54) is 18.2 Å². The molecule has 0 spiro atoms. The van der Waals surface area contributed by atoms with Crippen LogP contribution in [0.1, 0.15) is 24.9 Å². The average Bonchev–Trinajstić information content (AvgIpc) is 2.63. The zero-order valence-electron chi connectivity index (χ0n) is 15.3. The Labute approximate surface area is 161 Å². The van der Waals surface area contributed by atoms with E-state index in [0.717, 1.165) is 10.5 Å². The van der Waals surface area contributed by atoms with Crippen LogP contribution in [0.4, 0.5) is 4.39 Å². The number of nitrogens with zero attached hydrogens (tertiary/aromatic N) is 1. The zero-order chi connectivity index (χ0) is 20.4. The van der Waals surface area contributed by atoms with Crippen molar-refractivity contribution in [1.82, 2.24) is 15.5 Å². The number of hydrogen-bond donors (Lipinski definition) is 5. The summed E-state index contributed by atoms with van der Waals surface area (Å²) in [5.74, 6) is -2.42. The standard InChI is InChI=1S/C19H23FN4O4/c1-10(12-3-2-4-13(20)9-12)23-19(28)24-16(18(26)27)14(17(24)25)7-11-5-6-22-15(21)8-11/h2-5,8-10,14,16,19,22-23,28H,6-7,21H2,1H3,(H,26,27)/t10?,14-,16?,19?/m1/s1. The summed E-state index contributed by atoms with van der Waals surface area (Å²) in [6.07, 6.45) is 2.22. The Morgan fingerprint density at radius 2 is 2.25 bits per heavy atom. The molecule has 8 nitrogen and oxygen atoms in total. The van der Waals surface area contributed by atoms with Crippen molar-refractivity contribution in [3.63, 3.8) is 0 Å². The van der Waals surface area contributed by atoms with Gasteiger partial charge in [-0.1, -0.05) is 18.2 Å². The van der Waals surface area contributed by atoms with Crippen LogP contribution in [0, 0.1) is 11.7 Å². The smallest absolute Gasteiger partial charge is 0.327 e. The molecule has 28 heavy (non-hydrogen) atoms. The van der Waals surface area contributed by atoms with Crippen LogP contribution in [0.15, 0.2) is 47.8 Å².